The average Bonchev–Trinajstić information content (AvgIpc) is 2.93. The van der Waals surface area contributed by atoms with Gasteiger partial charge in [0.2, 0.25) is 0 Å². The summed E-state index contributed by atoms with van der Waals surface area (Å²) in [6, 6.07) is 2.10. The van der Waals surface area contributed by atoms with Gasteiger partial charge in [-0.2, -0.15) is 0 Å². The molecule has 3 heterocycles. The highest BCUT2D eigenvalue weighted by atomic mass is 32.1. The zero-order chi connectivity index (χ0) is 12.4. The fraction of sp³-hybridized carbons (Fsp3) is 0.462. The monoisotopic (exact) mass is 260 g/mol. The molecule has 1 fully saturated rings. The number of rotatable bonds is 2. The number of thiazole rings is 1. The molecule has 1 saturated heterocycles. The van der Waals surface area contributed by atoms with Gasteiger partial charge in [-0.05, 0) is 32.4 Å². The van der Waals surface area contributed by atoms with Crippen LogP contribution in [-0.4, -0.2) is 28.0 Å². The van der Waals surface area contributed by atoms with E-state index >= 15 is 0 Å². The molecule has 5 heteroatoms. The molecule has 1 aliphatic heterocycles. The lowest BCUT2D eigenvalue weighted by Crippen LogP contribution is -2.29. The highest BCUT2D eigenvalue weighted by molar-refractivity contribution is 7.13. The number of hydrogen-bond donors (Lipinski definition) is 1. The van der Waals surface area contributed by atoms with Gasteiger partial charge in [-0.15, -0.1) is 11.3 Å². The Morgan fingerprint density at radius 3 is 3.06 bits per heavy atom. The van der Waals surface area contributed by atoms with Crippen molar-refractivity contribution in [3.8, 4) is 10.7 Å². The van der Waals surface area contributed by atoms with Gasteiger partial charge in [0.25, 0.3) is 0 Å². The second-order valence-corrected chi connectivity index (χ2v) is 5.50. The molecule has 0 aromatic carbocycles. The summed E-state index contributed by atoms with van der Waals surface area (Å²) in [5.74, 6) is 1.35. The summed E-state index contributed by atoms with van der Waals surface area (Å²) in [5.41, 5.74) is 2.11. The molecule has 0 unspecified atom stereocenters. The number of nitrogens with one attached hydrogen (secondary N) is 1. The van der Waals surface area contributed by atoms with Gasteiger partial charge in [0.1, 0.15) is 16.5 Å². The lowest BCUT2D eigenvalue weighted by Gasteiger charge is -2.22. The van der Waals surface area contributed by atoms with Crippen LogP contribution >= 0.6 is 11.3 Å². The second kappa shape index (κ2) is 5.12. The highest BCUT2D eigenvalue weighted by Gasteiger charge is 2.18. The molecule has 18 heavy (non-hydrogen) atoms. The van der Waals surface area contributed by atoms with Crippen molar-refractivity contribution in [1.82, 2.24) is 20.3 Å². The summed E-state index contributed by atoms with van der Waals surface area (Å²) in [7, 11) is 0. The first-order valence-electron chi connectivity index (χ1n) is 6.29. The summed E-state index contributed by atoms with van der Waals surface area (Å²) < 4.78 is 0. The standard InChI is InChI=1S/C13H16N4S/c1-9-16-11(10-3-2-4-14-8-10)7-12(17-9)13-15-5-6-18-13/h5-7,10,14H,2-4,8H2,1H3/t10-/m0/s1. The number of nitrogens with zero attached hydrogens (tertiary/aromatic N) is 3. The Kier molecular flexibility index (Phi) is 3.34. The lowest BCUT2D eigenvalue weighted by atomic mass is 9.95. The maximum absolute atomic E-state index is 4.59. The SMILES string of the molecule is Cc1nc(-c2nccs2)cc([C@H]2CCCNC2)n1. The van der Waals surface area contributed by atoms with E-state index in [0.717, 1.165) is 35.3 Å². The van der Waals surface area contributed by atoms with Gasteiger partial charge in [-0.3, -0.25) is 0 Å². The van der Waals surface area contributed by atoms with Crippen LogP contribution in [0.2, 0.25) is 0 Å². The summed E-state index contributed by atoms with van der Waals surface area (Å²) in [6.07, 6.45) is 4.25. The van der Waals surface area contributed by atoms with Crippen LogP contribution in [0, 0.1) is 6.92 Å². The molecule has 0 radical (unpaired) electrons. The summed E-state index contributed by atoms with van der Waals surface area (Å²) in [6.45, 7) is 4.10. The molecule has 3 rings (SSSR count). The zero-order valence-corrected chi connectivity index (χ0v) is 11.2. The van der Waals surface area contributed by atoms with Crippen LogP contribution in [0.3, 0.4) is 0 Å². The van der Waals surface area contributed by atoms with Gasteiger partial charge < -0.3 is 5.32 Å². The molecule has 4 nitrogen and oxygen atoms in total. The van der Waals surface area contributed by atoms with E-state index in [1.807, 2.05) is 18.5 Å². The molecule has 1 aliphatic rings. The maximum atomic E-state index is 4.59. The Bertz CT molecular complexity index is 518. The third-order valence-electron chi connectivity index (χ3n) is 3.22. The lowest BCUT2D eigenvalue weighted by molar-refractivity contribution is 0.453. The van der Waals surface area contributed by atoms with Crippen LogP contribution in [0.15, 0.2) is 17.6 Å². The van der Waals surface area contributed by atoms with Crippen molar-refractivity contribution >= 4 is 11.3 Å². The van der Waals surface area contributed by atoms with Gasteiger partial charge in [0, 0.05) is 29.7 Å². The van der Waals surface area contributed by atoms with E-state index in [0.29, 0.717) is 5.92 Å². The minimum Gasteiger partial charge on any atom is -0.316 e. The minimum absolute atomic E-state index is 0.513. The Morgan fingerprint density at radius 1 is 1.39 bits per heavy atom. The average molecular weight is 260 g/mol. The third-order valence-corrected chi connectivity index (χ3v) is 4.02. The van der Waals surface area contributed by atoms with Crippen LogP contribution < -0.4 is 5.32 Å². The summed E-state index contributed by atoms with van der Waals surface area (Å²) >= 11 is 1.62. The molecule has 94 valence electrons. The topological polar surface area (TPSA) is 50.7 Å². The first-order valence-corrected chi connectivity index (χ1v) is 7.17. The van der Waals surface area contributed by atoms with Gasteiger partial charge in [0.15, 0.2) is 0 Å². The first kappa shape index (κ1) is 11.7. The number of aryl methyl sites for hydroxylation is 1. The predicted molar refractivity (Wildman–Crippen MR) is 72.7 cm³/mol. The predicted octanol–water partition coefficient (Wildman–Crippen LogP) is 2.38. The molecule has 1 atom stereocenters. The van der Waals surface area contributed by atoms with E-state index in [1.165, 1.54) is 12.8 Å². The number of hydrogen-bond acceptors (Lipinski definition) is 5. The van der Waals surface area contributed by atoms with Crippen LogP contribution in [-0.2, 0) is 0 Å². The van der Waals surface area contributed by atoms with E-state index in [1.54, 1.807) is 11.3 Å². The summed E-state index contributed by atoms with van der Waals surface area (Å²) in [5, 5.41) is 6.39. The Balaban J connectivity index is 1.95. The van der Waals surface area contributed by atoms with E-state index in [9.17, 15) is 0 Å². The van der Waals surface area contributed by atoms with Gasteiger partial charge in [-0.1, -0.05) is 0 Å². The Labute approximate surface area is 111 Å². The van der Waals surface area contributed by atoms with Crippen molar-refractivity contribution in [2.45, 2.75) is 25.7 Å². The maximum Gasteiger partial charge on any atom is 0.141 e. The van der Waals surface area contributed by atoms with Crippen molar-refractivity contribution < 1.29 is 0 Å². The molecule has 0 spiro atoms. The van der Waals surface area contributed by atoms with Crippen molar-refractivity contribution in [2.75, 3.05) is 13.1 Å². The third kappa shape index (κ3) is 2.42. The highest BCUT2D eigenvalue weighted by Crippen LogP contribution is 2.26. The molecule has 1 N–H and O–H groups in total. The molecule has 0 saturated carbocycles. The van der Waals surface area contributed by atoms with Crippen molar-refractivity contribution in [3.05, 3.63) is 29.2 Å². The van der Waals surface area contributed by atoms with Crippen molar-refractivity contribution in [1.29, 1.82) is 0 Å². The van der Waals surface area contributed by atoms with Crippen LogP contribution in [0.4, 0.5) is 0 Å². The Morgan fingerprint density at radius 2 is 2.33 bits per heavy atom. The zero-order valence-electron chi connectivity index (χ0n) is 10.4. The van der Waals surface area contributed by atoms with E-state index in [4.69, 9.17) is 0 Å². The molecular weight excluding hydrogens is 244 g/mol. The smallest absolute Gasteiger partial charge is 0.141 e. The van der Waals surface area contributed by atoms with Gasteiger partial charge >= 0.3 is 0 Å². The molecule has 0 amide bonds. The van der Waals surface area contributed by atoms with Crippen LogP contribution in [0.25, 0.3) is 10.7 Å². The fourth-order valence-corrected chi connectivity index (χ4v) is 2.96. The molecule has 0 bridgehead atoms. The van der Waals surface area contributed by atoms with E-state index in [2.05, 4.69) is 26.3 Å². The fourth-order valence-electron chi connectivity index (χ4n) is 2.36. The van der Waals surface area contributed by atoms with Gasteiger partial charge in [-0.25, -0.2) is 15.0 Å². The van der Waals surface area contributed by atoms with E-state index < -0.39 is 0 Å². The van der Waals surface area contributed by atoms with Crippen LogP contribution in [0.5, 0.6) is 0 Å². The van der Waals surface area contributed by atoms with Crippen molar-refractivity contribution in [3.63, 3.8) is 0 Å². The largest absolute Gasteiger partial charge is 0.316 e. The van der Waals surface area contributed by atoms with Gasteiger partial charge in [0.05, 0.1) is 0 Å². The van der Waals surface area contributed by atoms with E-state index in [-0.39, 0.29) is 0 Å². The molecule has 2 aromatic heterocycles. The van der Waals surface area contributed by atoms with Crippen molar-refractivity contribution in [2.24, 2.45) is 0 Å². The number of piperidine rings is 1. The number of aromatic nitrogens is 3. The molecular formula is C13H16N4S. The normalized spacial score (nSPS) is 19.9. The minimum atomic E-state index is 0.513. The Hall–Kier alpha value is -1.33. The molecule has 2 aromatic rings. The van der Waals surface area contributed by atoms with Crippen LogP contribution in [0.1, 0.15) is 30.3 Å². The second-order valence-electron chi connectivity index (χ2n) is 4.61. The molecule has 0 aliphatic carbocycles. The summed E-state index contributed by atoms with van der Waals surface area (Å²) in [4.78, 5) is 13.4. The first-order chi connectivity index (χ1) is 8.83. The quantitative estimate of drug-likeness (QED) is 0.900.